The summed E-state index contributed by atoms with van der Waals surface area (Å²) < 4.78 is 0. The molecule has 5 heteroatoms. The number of benzene rings is 2. The molecule has 0 aliphatic heterocycles. The number of hydrogen-bond acceptors (Lipinski definition) is 4. The van der Waals surface area contributed by atoms with E-state index in [1.165, 1.54) is 16.9 Å². The third-order valence-electron chi connectivity index (χ3n) is 3.43. The minimum Gasteiger partial charge on any atom is -0.252 e. The molecule has 1 N–H and O–H groups in total. The van der Waals surface area contributed by atoms with Gasteiger partial charge in [0.25, 0.3) is 0 Å². The minimum absolute atomic E-state index is 0.720. The fourth-order valence-electron chi connectivity index (χ4n) is 2.07. The molecule has 1 aromatic heterocycles. The highest BCUT2D eigenvalue weighted by atomic mass is 35.5. The summed E-state index contributed by atoms with van der Waals surface area (Å²) in [4.78, 5) is 4.57. The fourth-order valence-corrected chi connectivity index (χ4v) is 2.86. The van der Waals surface area contributed by atoms with Crippen molar-refractivity contribution >= 4 is 33.8 Å². The van der Waals surface area contributed by atoms with Gasteiger partial charge in [-0.15, -0.1) is 11.3 Å². The predicted octanol–water partition coefficient (Wildman–Crippen LogP) is 5.61. The number of nitrogens with one attached hydrogen (secondary N) is 1. The van der Waals surface area contributed by atoms with Gasteiger partial charge in [0.1, 0.15) is 0 Å². The molecule has 0 fully saturated rings. The van der Waals surface area contributed by atoms with Crippen molar-refractivity contribution in [2.24, 2.45) is 5.10 Å². The zero-order valence-electron chi connectivity index (χ0n) is 12.9. The number of aromatic nitrogens is 1. The van der Waals surface area contributed by atoms with E-state index < -0.39 is 0 Å². The largest absolute Gasteiger partial charge is 0.252 e. The summed E-state index contributed by atoms with van der Waals surface area (Å²) in [6.45, 7) is 4.02. The molecule has 0 saturated heterocycles. The summed E-state index contributed by atoms with van der Waals surface area (Å²) in [5, 5.41) is 7.91. The average Bonchev–Trinajstić information content (AvgIpc) is 3.03. The second kappa shape index (κ2) is 6.94. The Kier molecular flexibility index (Phi) is 4.74. The first-order chi connectivity index (χ1) is 11.1. The summed E-state index contributed by atoms with van der Waals surface area (Å²) in [5.41, 5.74) is 8.24. The number of nitrogens with zero attached hydrogens (tertiary/aromatic N) is 2. The van der Waals surface area contributed by atoms with Crippen molar-refractivity contribution in [3.63, 3.8) is 0 Å². The molecular formula is C18H16ClN3S. The molecule has 0 aliphatic rings. The van der Waals surface area contributed by atoms with Gasteiger partial charge in [-0.05, 0) is 31.5 Å². The van der Waals surface area contributed by atoms with Crippen molar-refractivity contribution in [1.82, 2.24) is 4.98 Å². The summed E-state index contributed by atoms with van der Waals surface area (Å²) in [6.07, 6.45) is 0. The number of thiazole rings is 1. The summed E-state index contributed by atoms with van der Waals surface area (Å²) in [5.74, 6) is 0. The summed E-state index contributed by atoms with van der Waals surface area (Å²) in [7, 11) is 0. The number of halogens is 1. The molecule has 0 aliphatic carbocycles. The summed E-state index contributed by atoms with van der Waals surface area (Å²) >= 11 is 7.43. The van der Waals surface area contributed by atoms with Gasteiger partial charge in [-0.2, -0.15) is 5.10 Å². The maximum Gasteiger partial charge on any atom is 0.203 e. The Morgan fingerprint density at radius 2 is 1.78 bits per heavy atom. The number of anilines is 1. The normalized spacial score (nSPS) is 11.5. The van der Waals surface area contributed by atoms with Crippen molar-refractivity contribution in [3.05, 3.63) is 70.1 Å². The molecule has 0 saturated carbocycles. The second-order valence-corrected chi connectivity index (χ2v) is 6.51. The highest BCUT2D eigenvalue weighted by Gasteiger charge is 2.04. The number of hydrogen-bond donors (Lipinski definition) is 1. The first kappa shape index (κ1) is 15.7. The number of rotatable bonds is 4. The van der Waals surface area contributed by atoms with Crippen LogP contribution in [0, 0.1) is 6.92 Å². The SMILES string of the molecule is C/C(=N/Nc1nc(-c2ccc(C)cc2)cs1)c1ccc(Cl)cc1. The Morgan fingerprint density at radius 1 is 1.09 bits per heavy atom. The smallest absolute Gasteiger partial charge is 0.203 e. The lowest BCUT2D eigenvalue weighted by molar-refractivity contribution is 1.27. The third kappa shape index (κ3) is 3.97. The van der Waals surface area contributed by atoms with Crippen LogP contribution in [0.5, 0.6) is 0 Å². The zero-order chi connectivity index (χ0) is 16.2. The molecule has 0 bridgehead atoms. The molecule has 1 heterocycles. The lowest BCUT2D eigenvalue weighted by Gasteiger charge is -2.01. The average molecular weight is 342 g/mol. The van der Waals surface area contributed by atoms with E-state index in [1.54, 1.807) is 0 Å². The van der Waals surface area contributed by atoms with Crippen LogP contribution in [0.25, 0.3) is 11.3 Å². The lowest BCUT2D eigenvalue weighted by Crippen LogP contribution is -1.99. The highest BCUT2D eigenvalue weighted by Crippen LogP contribution is 2.25. The van der Waals surface area contributed by atoms with E-state index in [4.69, 9.17) is 11.6 Å². The van der Waals surface area contributed by atoms with Crippen molar-refractivity contribution in [1.29, 1.82) is 0 Å². The molecule has 116 valence electrons. The Morgan fingerprint density at radius 3 is 2.48 bits per heavy atom. The molecule has 0 spiro atoms. The maximum atomic E-state index is 5.90. The molecule has 0 amide bonds. The van der Waals surface area contributed by atoms with Crippen LogP contribution >= 0.6 is 22.9 Å². The van der Waals surface area contributed by atoms with E-state index in [0.717, 1.165) is 32.7 Å². The molecule has 3 aromatic rings. The minimum atomic E-state index is 0.720. The first-order valence-corrected chi connectivity index (χ1v) is 8.46. The Hall–Kier alpha value is -2.17. The molecule has 23 heavy (non-hydrogen) atoms. The molecule has 0 unspecified atom stereocenters. The molecule has 2 aromatic carbocycles. The van der Waals surface area contributed by atoms with E-state index in [0.29, 0.717) is 0 Å². The highest BCUT2D eigenvalue weighted by molar-refractivity contribution is 7.14. The van der Waals surface area contributed by atoms with E-state index in [1.807, 2.05) is 36.6 Å². The van der Waals surface area contributed by atoms with Crippen LogP contribution in [0.2, 0.25) is 5.02 Å². The topological polar surface area (TPSA) is 37.3 Å². The molecular weight excluding hydrogens is 326 g/mol. The third-order valence-corrected chi connectivity index (χ3v) is 4.43. The monoisotopic (exact) mass is 341 g/mol. The van der Waals surface area contributed by atoms with Crippen LogP contribution in [0.4, 0.5) is 5.13 Å². The van der Waals surface area contributed by atoms with Crippen molar-refractivity contribution in [2.75, 3.05) is 5.43 Å². The van der Waals surface area contributed by atoms with Crippen LogP contribution in [-0.2, 0) is 0 Å². The van der Waals surface area contributed by atoms with Crippen molar-refractivity contribution in [2.45, 2.75) is 13.8 Å². The van der Waals surface area contributed by atoms with Gasteiger partial charge in [-0.1, -0.05) is 53.6 Å². The van der Waals surface area contributed by atoms with Gasteiger partial charge < -0.3 is 0 Å². The fraction of sp³-hybridized carbons (Fsp3) is 0.111. The van der Waals surface area contributed by atoms with Gasteiger partial charge in [-0.3, -0.25) is 5.43 Å². The number of aryl methyl sites for hydroxylation is 1. The Balaban J connectivity index is 1.72. The van der Waals surface area contributed by atoms with Gasteiger partial charge in [0.15, 0.2) is 0 Å². The standard InChI is InChI=1S/C18H16ClN3S/c1-12-3-5-15(6-4-12)17-11-23-18(20-17)22-21-13(2)14-7-9-16(19)10-8-14/h3-11H,1-2H3,(H,20,22)/b21-13-. The van der Waals surface area contributed by atoms with E-state index in [9.17, 15) is 0 Å². The van der Waals surface area contributed by atoms with Crippen molar-refractivity contribution < 1.29 is 0 Å². The van der Waals surface area contributed by atoms with Gasteiger partial charge >= 0.3 is 0 Å². The maximum absolute atomic E-state index is 5.90. The van der Waals surface area contributed by atoms with Crippen LogP contribution in [0.3, 0.4) is 0 Å². The van der Waals surface area contributed by atoms with Crippen LogP contribution in [0.15, 0.2) is 59.0 Å². The van der Waals surface area contributed by atoms with Gasteiger partial charge in [0, 0.05) is 16.0 Å². The van der Waals surface area contributed by atoms with Crippen molar-refractivity contribution in [3.8, 4) is 11.3 Å². The van der Waals surface area contributed by atoms with Gasteiger partial charge in [0.2, 0.25) is 5.13 Å². The zero-order valence-corrected chi connectivity index (χ0v) is 14.4. The molecule has 3 rings (SSSR count). The lowest BCUT2D eigenvalue weighted by atomic mass is 10.1. The quantitative estimate of drug-likeness (QED) is 0.494. The van der Waals surface area contributed by atoms with Crippen LogP contribution in [0.1, 0.15) is 18.1 Å². The van der Waals surface area contributed by atoms with E-state index in [2.05, 4.69) is 46.7 Å². The second-order valence-electron chi connectivity index (χ2n) is 5.22. The van der Waals surface area contributed by atoms with E-state index >= 15 is 0 Å². The van der Waals surface area contributed by atoms with Crippen LogP contribution < -0.4 is 5.43 Å². The van der Waals surface area contributed by atoms with E-state index in [-0.39, 0.29) is 0 Å². The number of hydrazone groups is 1. The molecule has 0 atom stereocenters. The van der Waals surface area contributed by atoms with Gasteiger partial charge in [-0.25, -0.2) is 4.98 Å². The Labute approximate surface area is 144 Å². The molecule has 0 radical (unpaired) electrons. The molecule has 3 nitrogen and oxygen atoms in total. The predicted molar refractivity (Wildman–Crippen MR) is 99.6 cm³/mol. The first-order valence-electron chi connectivity index (χ1n) is 7.20. The van der Waals surface area contributed by atoms with Gasteiger partial charge in [0.05, 0.1) is 11.4 Å². The van der Waals surface area contributed by atoms with Crippen LogP contribution in [-0.4, -0.2) is 10.7 Å². The Bertz CT molecular complexity index is 820. The summed E-state index contributed by atoms with van der Waals surface area (Å²) in [6, 6.07) is 15.9.